The van der Waals surface area contributed by atoms with Gasteiger partial charge in [0.25, 0.3) is 0 Å². The Bertz CT molecular complexity index is 2490. The summed E-state index contributed by atoms with van der Waals surface area (Å²) in [5.41, 5.74) is 3.92. The molecule has 1 N–H and O–H groups in total. The maximum Gasteiger partial charge on any atom is 0.309 e. The third kappa shape index (κ3) is 13.7. The average molecular weight is 909 g/mol. The van der Waals surface area contributed by atoms with Crippen LogP contribution in [0.1, 0.15) is 103 Å². The van der Waals surface area contributed by atoms with Gasteiger partial charge in [-0.25, -0.2) is 9.97 Å². The number of nitrogens with zero attached hydrogens (tertiary/aromatic N) is 2. The highest BCUT2D eigenvalue weighted by Gasteiger charge is 2.31. The van der Waals surface area contributed by atoms with E-state index in [9.17, 15) is 29.1 Å². The van der Waals surface area contributed by atoms with Crippen LogP contribution in [0, 0.1) is 11.8 Å². The average Bonchev–Trinajstić information content (AvgIpc) is 3.33. The standard InChI is InChI=1S/C28H29NO6.C26H27NO5/c1-18(17-23(31)26-27(35-20(3)30)24(33-4)15-16-29-26)28(32)34-19(2)25(21-11-7-5-8-12-21)22-13-9-6-10-14-22;1-17(16-21(28)24-25(29)22(31-3)14-15-27-24)26(30)32-18(2)23(19-10-6-4-7-11-19)20-12-8-5-9-13-20/h5-16,18-19,25H,17H2,1-4H3;4-15,17-18,23,29H,16H2,1-3H3/t18-,19+;17-,18+/m11/s1. The lowest BCUT2D eigenvalue weighted by Gasteiger charge is -2.26. The van der Waals surface area contributed by atoms with Crippen LogP contribution in [0.3, 0.4) is 0 Å². The third-order valence-corrected chi connectivity index (χ3v) is 10.9. The van der Waals surface area contributed by atoms with E-state index in [-0.39, 0.29) is 59.1 Å². The van der Waals surface area contributed by atoms with Crippen molar-refractivity contribution in [3.05, 3.63) is 179 Å². The predicted octanol–water partition coefficient (Wildman–Crippen LogP) is 9.76. The molecular formula is C54H56N2O11. The Morgan fingerprint density at radius 1 is 0.507 bits per heavy atom. The third-order valence-electron chi connectivity index (χ3n) is 10.9. The zero-order valence-electron chi connectivity index (χ0n) is 38.7. The summed E-state index contributed by atoms with van der Waals surface area (Å²) in [5.74, 6) is -4.30. The minimum atomic E-state index is -0.740. The SMILES string of the molecule is COc1ccnc(C(=O)C[C@@H](C)C(=O)O[C@@H](C)C(c2ccccc2)c2ccccc2)c1O.COc1ccnc(C(=O)C[C@@H](C)C(=O)O[C@@H](C)C(c2ccccc2)c2ccccc2)c1OC(C)=O. The Morgan fingerprint density at radius 3 is 1.21 bits per heavy atom. The number of benzene rings is 4. The van der Waals surface area contributed by atoms with Gasteiger partial charge in [0.2, 0.25) is 5.75 Å². The van der Waals surface area contributed by atoms with Crippen LogP contribution in [-0.4, -0.2) is 71.0 Å². The maximum absolute atomic E-state index is 13.0. The van der Waals surface area contributed by atoms with Gasteiger partial charge in [-0.1, -0.05) is 135 Å². The molecule has 0 aliphatic rings. The Balaban J connectivity index is 0.000000252. The van der Waals surface area contributed by atoms with Gasteiger partial charge in [0, 0.05) is 56.1 Å². The topological polar surface area (TPSA) is 178 Å². The highest BCUT2D eigenvalue weighted by atomic mass is 16.6. The van der Waals surface area contributed by atoms with Crippen molar-refractivity contribution < 1.29 is 52.8 Å². The van der Waals surface area contributed by atoms with Gasteiger partial charge in [-0.2, -0.15) is 0 Å². The van der Waals surface area contributed by atoms with E-state index >= 15 is 0 Å². The van der Waals surface area contributed by atoms with Gasteiger partial charge < -0.3 is 28.8 Å². The van der Waals surface area contributed by atoms with Crippen LogP contribution >= 0.6 is 0 Å². The number of rotatable bonds is 19. The first-order valence-electron chi connectivity index (χ1n) is 21.8. The first-order chi connectivity index (χ1) is 32.2. The molecule has 4 atom stereocenters. The molecule has 0 unspecified atom stereocenters. The molecule has 0 radical (unpaired) electrons. The number of hydrogen-bond acceptors (Lipinski definition) is 13. The quantitative estimate of drug-likeness (QED) is 0.0601. The van der Waals surface area contributed by atoms with Crippen molar-refractivity contribution in [3.63, 3.8) is 0 Å². The van der Waals surface area contributed by atoms with E-state index in [0.717, 1.165) is 22.3 Å². The summed E-state index contributed by atoms with van der Waals surface area (Å²) in [4.78, 5) is 70.9. The molecule has 0 spiro atoms. The van der Waals surface area contributed by atoms with Gasteiger partial charge in [0.15, 0.2) is 40.2 Å². The van der Waals surface area contributed by atoms with Gasteiger partial charge in [-0.3, -0.25) is 24.0 Å². The number of ketones is 2. The van der Waals surface area contributed by atoms with E-state index in [2.05, 4.69) is 9.97 Å². The fraction of sp³-hybridized carbons (Fsp3) is 0.278. The van der Waals surface area contributed by atoms with Crippen LogP contribution in [-0.2, 0) is 23.9 Å². The number of carbonyl (C=O) groups is 5. The summed E-state index contributed by atoms with van der Waals surface area (Å²) < 4.78 is 27.0. The second-order valence-electron chi connectivity index (χ2n) is 15.9. The summed E-state index contributed by atoms with van der Waals surface area (Å²) in [7, 11) is 2.79. The molecular weight excluding hydrogens is 853 g/mol. The lowest BCUT2D eigenvalue weighted by molar-refractivity contribution is -0.154. The van der Waals surface area contributed by atoms with E-state index in [0.29, 0.717) is 0 Å². The van der Waals surface area contributed by atoms with E-state index in [1.54, 1.807) is 13.8 Å². The Hall–Kier alpha value is -7.67. The van der Waals surface area contributed by atoms with Gasteiger partial charge in [0.05, 0.1) is 26.1 Å². The number of carbonyl (C=O) groups excluding carboxylic acids is 5. The molecule has 348 valence electrons. The first kappa shape index (κ1) is 50.3. The summed E-state index contributed by atoms with van der Waals surface area (Å²) >= 11 is 0. The number of methoxy groups -OCH3 is 2. The monoisotopic (exact) mass is 908 g/mol. The molecule has 0 fully saturated rings. The van der Waals surface area contributed by atoms with Crippen molar-refractivity contribution >= 4 is 29.5 Å². The molecule has 13 heteroatoms. The van der Waals surface area contributed by atoms with Crippen LogP contribution < -0.4 is 14.2 Å². The number of Topliss-reactive ketones (excluding diaryl/α,β-unsaturated/α-hetero) is 2. The Morgan fingerprint density at radius 2 is 0.851 bits per heavy atom. The van der Waals surface area contributed by atoms with Crippen LogP contribution in [0.2, 0.25) is 0 Å². The molecule has 0 aliphatic heterocycles. The zero-order chi connectivity index (χ0) is 48.5. The van der Waals surface area contributed by atoms with Gasteiger partial charge in [-0.15, -0.1) is 0 Å². The molecule has 13 nitrogen and oxygen atoms in total. The summed E-state index contributed by atoms with van der Waals surface area (Å²) in [5, 5.41) is 10.2. The molecule has 0 aliphatic carbocycles. The molecule has 67 heavy (non-hydrogen) atoms. The molecule has 6 aromatic rings. The second kappa shape index (κ2) is 24.6. The van der Waals surface area contributed by atoms with Crippen molar-refractivity contribution in [1.82, 2.24) is 9.97 Å². The highest BCUT2D eigenvalue weighted by molar-refractivity contribution is 6.00. The van der Waals surface area contributed by atoms with Crippen molar-refractivity contribution in [2.24, 2.45) is 11.8 Å². The fourth-order valence-corrected chi connectivity index (χ4v) is 7.60. The minimum Gasteiger partial charge on any atom is -0.503 e. The molecule has 0 saturated heterocycles. The smallest absolute Gasteiger partial charge is 0.309 e. The molecule has 0 bridgehead atoms. The summed E-state index contributed by atoms with van der Waals surface area (Å²) in [6.07, 6.45) is 1.53. The van der Waals surface area contributed by atoms with Crippen LogP contribution in [0.4, 0.5) is 0 Å². The van der Waals surface area contributed by atoms with Crippen molar-refractivity contribution in [3.8, 4) is 23.0 Å². The summed E-state index contributed by atoms with van der Waals surface area (Å²) in [6, 6.07) is 42.3. The van der Waals surface area contributed by atoms with Crippen LogP contribution in [0.25, 0.3) is 0 Å². The van der Waals surface area contributed by atoms with E-state index in [1.165, 1.54) is 45.7 Å². The molecule has 6 rings (SSSR count). The lowest BCUT2D eigenvalue weighted by atomic mass is 9.87. The summed E-state index contributed by atoms with van der Waals surface area (Å²) in [6.45, 7) is 8.17. The molecule has 0 amide bonds. The fourth-order valence-electron chi connectivity index (χ4n) is 7.60. The molecule has 0 saturated carbocycles. The lowest BCUT2D eigenvalue weighted by Crippen LogP contribution is -2.28. The van der Waals surface area contributed by atoms with E-state index in [1.807, 2.05) is 135 Å². The molecule has 2 aromatic heterocycles. The molecule has 2 heterocycles. The van der Waals surface area contributed by atoms with Crippen molar-refractivity contribution in [2.75, 3.05) is 14.2 Å². The zero-order valence-corrected chi connectivity index (χ0v) is 38.7. The maximum atomic E-state index is 13.0. The number of aromatic nitrogens is 2. The minimum absolute atomic E-state index is 0.0605. The number of ether oxygens (including phenoxy) is 5. The van der Waals surface area contributed by atoms with Crippen molar-refractivity contribution in [1.29, 1.82) is 0 Å². The van der Waals surface area contributed by atoms with Gasteiger partial charge >= 0.3 is 17.9 Å². The van der Waals surface area contributed by atoms with Gasteiger partial charge in [0.1, 0.15) is 12.2 Å². The van der Waals surface area contributed by atoms with Crippen LogP contribution in [0.5, 0.6) is 23.0 Å². The number of pyridine rings is 2. The number of esters is 3. The van der Waals surface area contributed by atoms with E-state index in [4.69, 9.17) is 23.7 Å². The number of hydrogen-bond donors (Lipinski definition) is 1. The Labute approximate surface area is 391 Å². The van der Waals surface area contributed by atoms with E-state index < -0.39 is 53.5 Å². The second-order valence-corrected chi connectivity index (χ2v) is 15.9. The normalized spacial score (nSPS) is 12.6. The largest absolute Gasteiger partial charge is 0.503 e. The Kier molecular flexibility index (Phi) is 18.5. The number of aromatic hydroxyl groups is 1. The van der Waals surface area contributed by atoms with Gasteiger partial charge in [-0.05, 0) is 36.1 Å². The molecule has 4 aromatic carbocycles. The van der Waals surface area contributed by atoms with Crippen molar-refractivity contribution in [2.45, 2.75) is 71.5 Å². The first-order valence-corrected chi connectivity index (χ1v) is 21.8. The van der Waals surface area contributed by atoms with Crippen LogP contribution in [0.15, 0.2) is 146 Å². The predicted molar refractivity (Wildman–Crippen MR) is 251 cm³/mol. The highest BCUT2D eigenvalue weighted by Crippen LogP contribution is 2.34.